The van der Waals surface area contributed by atoms with E-state index in [9.17, 15) is 9.59 Å². The summed E-state index contributed by atoms with van der Waals surface area (Å²) in [5.41, 5.74) is 0.477. The van der Waals surface area contributed by atoms with Gasteiger partial charge >= 0.3 is 5.97 Å². The zero-order valence-electron chi connectivity index (χ0n) is 9.14. The van der Waals surface area contributed by atoms with Crippen molar-refractivity contribution < 1.29 is 19.2 Å². The summed E-state index contributed by atoms with van der Waals surface area (Å²) in [6.45, 7) is 3.46. The maximum absolute atomic E-state index is 11.5. The minimum atomic E-state index is -1.04. The topological polar surface area (TPSA) is 92.4 Å². The molecule has 6 heteroatoms. The molecule has 6 nitrogen and oxygen atoms in total. The van der Waals surface area contributed by atoms with Crippen LogP contribution in [0.1, 0.15) is 19.5 Å². The monoisotopic (exact) mass is 226 g/mol. The van der Waals surface area contributed by atoms with Crippen LogP contribution in [0.5, 0.6) is 0 Å². The summed E-state index contributed by atoms with van der Waals surface area (Å²) in [6.07, 6.45) is 1.38. The second-order valence-electron chi connectivity index (χ2n) is 3.79. The van der Waals surface area contributed by atoms with E-state index >= 15 is 0 Å². The van der Waals surface area contributed by atoms with Gasteiger partial charge in [0, 0.05) is 6.07 Å². The first-order valence-electron chi connectivity index (χ1n) is 4.92. The minimum absolute atomic E-state index is 0.0208. The van der Waals surface area contributed by atoms with Crippen molar-refractivity contribution in [3.05, 3.63) is 18.0 Å². The summed E-state index contributed by atoms with van der Waals surface area (Å²) in [5.74, 6) is -1.59. The lowest BCUT2D eigenvalue weighted by Gasteiger charge is -2.17. The van der Waals surface area contributed by atoms with Gasteiger partial charge in [-0.1, -0.05) is 19.0 Å². The molecule has 0 aliphatic carbocycles. The second-order valence-corrected chi connectivity index (χ2v) is 3.79. The molecule has 1 heterocycles. The van der Waals surface area contributed by atoms with Crippen molar-refractivity contribution in [2.75, 3.05) is 0 Å². The third-order valence-electron chi connectivity index (χ3n) is 2.08. The quantitative estimate of drug-likeness (QED) is 0.760. The highest BCUT2D eigenvalue weighted by atomic mass is 16.5. The fourth-order valence-electron chi connectivity index (χ4n) is 1.23. The van der Waals surface area contributed by atoms with Gasteiger partial charge in [0.15, 0.2) is 0 Å². The Balaban J connectivity index is 2.52. The fourth-order valence-corrected chi connectivity index (χ4v) is 1.23. The van der Waals surface area contributed by atoms with Gasteiger partial charge in [0.25, 0.3) is 0 Å². The second kappa shape index (κ2) is 5.29. The number of nitrogens with one attached hydrogen (secondary N) is 1. The van der Waals surface area contributed by atoms with Gasteiger partial charge < -0.3 is 14.9 Å². The molecule has 0 spiro atoms. The van der Waals surface area contributed by atoms with E-state index in [1.165, 1.54) is 6.26 Å². The molecule has 88 valence electrons. The van der Waals surface area contributed by atoms with Crippen molar-refractivity contribution in [1.29, 1.82) is 0 Å². The summed E-state index contributed by atoms with van der Waals surface area (Å²) < 4.78 is 4.57. The van der Waals surface area contributed by atoms with Gasteiger partial charge in [0.05, 0.1) is 12.1 Å². The number of carbonyl (C=O) groups is 2. The predicted molar refractivity (Wildman–Crippen MR) is 54.6 cm³/mol. The van der Waals surface area contributed by atoms with Crippen LogP contribution in [0.15, 0.2) is 16.9 Å². The number of carbonyl (C=O) groups excluding carboxylic acids is 1. The van der Waals surface area contributed by atoms with E-state index in [4.69, 9.17) is 5.11 Å². The molecule has 2 N–H and O–H groups in total. The minimum Gasteiger partial charge on any atom is -0.480 e. The standard InChI is InChI=1S/C10H14N2O4/c1-6(2)9(10(14)15)11-8(13)5-7-3-4-16-12-7/h3-4,6,9H,5H2,1-2H3,(H,11,13)(H,14,15)/t9-/m0/s1. The zero-order chi connectivity index (χ0) is 12.1. The first kappa shape index (κ1) is 12.2. The van der Waals surface area contributed by atoms with Gasteiger partial charge in [-0.05, 0) is 5.92 Å². The van der Waals surface area contributed by atoms with Crippen molar-refractivity contribution in [3.8, 4) is 0 Å². The molecule has 0 aliphatic heterocycles. The summed E-state index contributed by atoms with van der Waals surface area (Å²) in [5, 5.41) is 14.9. The lowest BCUT2D eigenvalue weighted by molar-refractivity contribution is -0.143. The molecule has 16 heavy (non-hydrogen) atoms. The van der Waals surface area contributed by atoms with E-state index in [0.717, 1.165) is 0 Å². The highest BCUT2D eigenvalue weighted by molar-refractivity contribution is 5.84. The normalized spacial score (nSPS) is 12.4. The number of hydrogen-bond acceptors (Lipinski definition) is 4. The van der Waals surface area contributed by atoms with Gasteiger partial charge in [-0.15, -0.1) is 0 Å². The van der Waals surface area contributed by atoms with Crippen LogP contribution in [0, 0.1) is 5.92 Å². The highest BCUT2D eigenvalue weighted by Crippen LogP contribution is 2.03. The molecular weight excluding hydrogens is 212 g/mol. The molecule has 0 radical (unpaired) electrons. The van der Waals surface area contributed by atoms with E-state index in [2.05, 4.69) is 15.0 Å². The summed E-state index contributed by atoms with van der Waals surface area (Å²) in [6, 6.07) is 0.685. The van der Waals surface area contributed by atoms with Gasteiger partial charge in [0.2, 0.25) is 5.91 Å². The Labute approximate surface area is 92.6 Å². The Morgan fingerprint density at radius 3 is 2.69 bits per heavy atom. The van der Waals surface area contributed by atoms with Crippen LogP contribution in [0.2, 0.25) is 0 Å². The van der Waals surface area contributed by atoms with E-state index in [0.29, 0.717) is 5.69 Å². The van der Waals surface area contributed by atoms with Gasteiger partial charge in [-0.3, -0.25) is 4.79 Å². The smallest absolute Gasteiger partial charge is 0.326 e. The van der Waals surface area contributed by atoms with Crippen LogP contribution in [-0.2, 0) is 16.0 Å². The maximum Gasteiger partial charge on any atom is 0.326 e. The van der Waals surface area contributed by atoms with Gasteiger partial charge in [-0.2, -0.15) is 0 Å². The molecular formula is C10H14N2O4. The van der Waals surface area contributed by atoms with Gasteiger partial charge in [0.1, 0.15) is 12.3 Å². The highest BCUT2D eigenvalue weighted by Gasteiger charge is 2.23. The van der Waals surface area contributed by atoms with Crippen molar-refractivity contribution in [2.45, 2.75) is 26.3 Å². The Morgan fingerprint density at radius 2 is 2.25 bits per heavy atom. The van der Waals surface area contributed by atoms with Crippen LogP contribution in [0.4, 0.5) is 0 Å². The molecule has 0 aromatic carbocycles. The van der Waals surface area contributed by atoms with E-state index in [1.54, 1.807) is 19.9 Å². The number of carboxylic acids is 1. The number of aliphatic carboxylic acids is 1. The van der Waals surface area contributed by atoms with Crippen LogP contribution < -0.4 is 5.32 Å². The molecule has 0 bridgehead atoms. The molecule has 0 aliphatic rings. The third kappa shape index (κ3) is 3.38. The molecule has 1 aromatic heterocycles. The predicted octanol–water partition coefficient (Wildman–Crippen LogP) is 0.442. The third-order valence-corrected chi connectivity index (χ3v) is 2.08. The van der Waals surface area contributed by atoms with Crippen molar-refractivity contribution in [2.24, 2.45) is 5.92 Å². The Morgan fingerprint density at radius 1 is 1.56 bits per heavy atom. The summed E-state index contributed by atoms with van der Waals surface area (Å²) in [7, 11) is 0. The molecule has 1 aromatic rings. The Hall–Kier alpha value is -1.85. The average Bonchev–Trinajstić information content (AvgIpc) is 2.65. The van der Waals surface area contributed by atoms with Gasteiger partial charge in [-0.25, -0.2) is 4.79 Å². The van der Waals surface area contributed by atoms with Crippen molar-refractivity contribution in [3.63, 3.8) is 0 Å². The molecule has 0 saturated carbocycles. The van der Waals surface area contributed by atoms with Crippen LogP contribution >= 0.6 is 0 Å². The molecule has 0 saturated heterocycles. The summed E-state index contributed by atoms with van der Waals surface area (Å²) in [4.78, 5) is 22.3. The SMILES string of the molecule is CC(C)[C@H](NC(=O)Cc1ccon1)C(=O)O. The van der Waals surface area contributed by atoms with Crippen molar-refractivity contribution in [1.82, 2.24) is 10.5 Å². The van der Waals surface area contributed by atoms with Crippen LogP contribution in [-0.4, -0.2) is 28.2 Å². The van der Waals surface area contributed by atoms with Crippen LogP contribution in [0.25, 0.3) is 0 Å². The molecule has 1 rings (SSSR count). The number of carboxylic acid groups (broad SMARTS) is 1. The number of amides is 1. The maximum atomic E-state index is 11.5. The van der Waals surface area contributed by atoms with E-state index in [1.807, 2.05) is 0 Å². The largest absolute Gasteiger partial charge is 0.480 e. The summed E-state index contributed by atoms with van der Waals surface area (Å²) >= 11 is 0. The molecule has 0 fully saturated rings. The Bertz CT molecular complexity index is 359. The van der Waals surface area contributed by atoms with E-state index < -0.39 is 12.0 Å². The number of hydrogen-bond donors (Lipinski definition) is 2. The fraction of sp³-hybridized carbons (Fsp3) is 0.500. The lowest BCUT2D eigenvalue weighted by Crippen LogP contribution is -2.44. The van der Waals surface area contributed by atoms with Crippen LogP contribution in [0.3, 0.4) is 0 Å². The van der Waals surface area contributed by atoms with Crippen molar-refractivity contribution >= 4 is 11.9 Å². The lowest BCUT2D eigenvalue weighted by atomic mass is 10.0. The molecule has 1 amide bonds. The number of nitrogens with zero attached hydrogens (tertiary/aromatic N) is 1. The average molecular weight is 226 g/mol. The first-order chi connectivity index (χ1) is 7.50. The zero-order valence-corrected chi connectivity index (χ0v) is 9.14. The first-order valence-corrected chi connectivity index (χ1v) is 4.92. The van der Waals surface area contributed by atoms with E-state index in [-0.39, 0.29) is 18.2 Å². The number of rotatable bonds is 5. The number of aromatic nitrogens is 1. The molecule has 1 atom stereocenters. The Kier molecular flexibility index (Phi) is 4.04. The molecule has 0 unspecified atom stereocenters.